The number of benzene rings is 1. The van der Waals surface area contributed by atoms with E-state index in [-0.39, 0.29) is 18.2 Å². The molecule has 156 valence electrons. The van der Waals surface area contributed by atoms with Crippen LogP contribution >= 0.6 is 30.9 Å². The van der Waals surface area contributed by atoms with Crippen LogP contribution in [-0.4, -0.2) is 63.9 Å². The molecule has 0 radical (unpaired) electrons. The van der Waals surface area contributed by atoms with Crippen LogP contribution in [0, 0.1) is 5.41 Å². The highest BCUT2D eigenvalue weighted by Crippen LogP contribution is 2.42. The Morgan fingerprint density at radius 2 is 2.04 bits per heavy atom. The van der Waals surface area contributed by atoms with Crippen molar-refractivity contribution in [1.82, 2.24) is 4.90 Å². The van der Waals surface area contributed by atoms with Crippen LogP contribution in [0.3, 0.4) is 0 Å². The van der Waals surface area contributed by atoms with Crippen molar-refractivity contribution in [3.05, 3.63) is 35.4 Å². The number of nitrogens with one attached hydrogen (secondary N) is 1. The molecule has 0 aromatic heterocycles. The molecule has 2 atom stereocenters. The fourth-order valence-electron chi connectivity index (χ4n) is 3.44. The smallest absolute Gasteiger partial charge is 0.237 e. The molecule has 0 saturated carbocycles. The molecule has 2 rings (SSSR count). The summed E-state index contributed by atoms with van der Waals surface area (Å²) in [4.78, 5) is 24.2. The lowest BCUT2D eigenvalue weighted by molar-refractivity contribution is -0.124. The largest absolute Gasteiger partial charge is 0.344 e. The van der Waals surface area contributed by atoms with Crippen LogP contribution in [0.4, 0.5) is 0 Å². The van der Waals surface area contributed by atoms with Crippen molar-refractivity contribution in [3.63, 3.8) is 0 Å². The quantitative estimate of drug-likeness (QED) is 0.394. The molecule has 1 aliphatic heterocycles. The fourth-order valence-corrected chi connectivity index (χ4v) is 6.34. The molecule has 1 amide bonds. The number of carbonyl (C=O) groups is 1. The number of thioether (sulfide) groups is 2. The summed E-state index contributed by atoms with van der Waals surface area (Å²) in [5, 5.41) is 8.89. The molecule has 0 spiro atoms. The van der Waals surface area contributed by atoms with E-state index in [1.807, 2.05) is 47.8 Å². The summed E-state index contributed by atoms with van der Waals surface area (Å²) < 4.78 is 12.5. The summed E-state index contributed by atoms with van der Waals surface area (Å²) in [6.45, 7) is 0.402. The molecular weight excluding hydrogens is 411 g/mol. The number of amides is 1. The zero-order valence-electron chi connectivity index (χ0n) is 16.7. The zero-order chi connectivity index (χ0) is 20.6. The molecule has 1 aromatic rings. The van der Waals surface area contributed by atoms with Crippen molar-refractivity contribution in [1.29, 1.82) is 5.41 Å². The normalized spacial score (nSPS) is 17.1. The fraction of sp³-hybridized carbons (Fsp3) is 0.600. The average molecular weight is 443 g/mol. The van der Waals surface area contributed by atoms with Crippen LogP contribution < -0.4 is 0 Å². The van der Waals surface area contributed by atoms with Crippen molar-refractivity contribution in [3.8, 4) is 0 Å². The first-order valence-corrected chi connectivity index (χ1v) is 14.4. The molecule has 0 fully saturated rings. The molecule has 0 aliphatic carbocycles. The zero-order valence-corrected chi connectivity index (χ0v) is 19.3. The summed E-state index contributed by atoms with van der Waals surface area (Å²) in [5.41, 5.74) is 1.79. The lowest BCUT2D eigenvalue weighted by atomic mass is 9.99. The van der Waals surface area contributed by atoms with Gasteiger partial charge in [0.1, 0.15) is 12.0 Å². The number of amidine groups is 1. The summed E-state index contributed by atoms with van der Waals surface area (Å²) in [6.07, 6.45) is 8.49. The first-order chi connectivity index (χ1) is 13.4. The van der Waals surface area contributed by atoms with E-state index in [9.17, 15) is 14.3 Å². The third-order valence-corrected chi connectivity index (χ3v) is 8.65. The first-order valence-electron chi connectivity index (χ1n) is 9.67. The van der Waals surface area contributed by atoms with Crippen LogP contribution in [0.15, 0.2) is 24.3 Å². The van der Waals surface area contributed by atoms with Gasteiger partial charge in [-0.3, -0.25) is 19.7 Å². The highest BCUT2D eigenvalue weighted by atomic mass is 32.2. The monoisotopic (exact) mass is 442 g/mol. The van der Waals surface area contributed by atoms with E-state index in [1.165, 1.54) is 4.90 Å². The maximum Gasteiger partial charge on any atom is 0.237 e. The van der Waals surface area contributed by atoms with Crippen LogP contribution in [0.25, 0.3) is 0 Å². The van der Waals surface area contributed by atoms with Gasteiger partial charge < -0.3 is 4.89 Å². The first kappa shape index (κ1) is 23.5. The molecule has 2 N–H and O–H groups in total. The molecule has 2 unspecified atom stereocenters. The lowest BCUT2D eigenvalue weighted by Gasteiger charge is -2.30. The van der Waals surface area contributed by atoms with Gasteiger partial charge in [0.05, 0.1) is 0 Å². The summed E-state index contributed by atoms with van der Waals surface area (Å²) >= 11 is 3.71. The van der Waals surface area contributed by atoms with E-state index in [0.717, 1.165) is 36.1 Å². The summed E-state index contributed by atoms with van der Waals surface area (Å²) in [5.74, 6) is 0.874. The van der Waals surface area contributed by atoms with Gasteiger partial charge in [0.15, 0.2) is 0 Å². The SMILES string of the molecule is CSCCC(CCCCP(=O)(O)CC(=O)N1CCc2ccccc2C1=N)SC. The molecule has 1 heterocycles. The van der Waals surface area contributed by atoms with Gasteiger partial charge in [-0.15, -0.1) is 0 Å². The van der Waals surface area contributed by atoms with Crippen molar-refractivity contribution < 1.29 is 14.3 Å². The second-order valence-corrected chi connectivity index (χ2v) is 11.7. The number of hydrogen-bond donors (Lipinski definition) is 2. The van der Waals surface area contributed by atoms with Gasteiger partial charge in [-0.25, -0.2) is 0 Å². The number of nitrogens with zero attached hydrogens (tertiary/aromatic N) is 1. The Morgan fingerprint density at radius 1 is 1.29 bits per heavy atom. The van der Waals surface area contributed by atoms with E-state index < -0.39 is 13.3 Å². The van der Waals surface area contributed by atoms with Gasteiger partial charge in [-0.05, 0) is 49.5 Å². The van der Waals surface area contributed by atoms with Crippen LogP contribution in [0.1, 0.15) is 36.8 Å². The van der Waals surface area contributed by atoms with Gasteiger partial charge in [0.25, 0.3) is 0 Å². The van der Waals surface area contributed by atoms with Crippen LogP contribution in [-0.2, 0) is 15.8 Å². The number of fused-ring (bicyclic) bond motifs is 1. The minimum atomic E-state index is -3.51. The van der Waals surface area contributed by atoms with Crippen molar-refractivity contribution in [2.45, 2.75) is 37.4 Å². The van der Waals surface area contributed by atoms with Gasteiger partial charge in [-0.2, -0.15) is 23.5 Å². The third-order valence-electron chi connectivity index (χ3n) is 5.09. The van der Waals surface area contributed by atoms with Gasteiger partial charge >= 0.3 is 0 Å². The molecule has 0 saturated heterocycles. The predicted molar refractivity (Wildman–Crippen MR) is 122 cm³/mol. The third kappa shape index (κ3) is 6.94. The Hall–Kier alpha value is -0.750. The molecule has 0 bridgehead atoms. The van der Waals surface area contributed by atoms with Crippen molar-refractivity contribution in [2.24, 2.45) is 0 Å². The predicted octanol–water partition coefficient (Wildman–Crippen LogP) is 4.32. The van der Waals surface area contributed by atoms with Gasteiger partial charge in [-0.1, -0.05) is 30.7 Å². The number of hydrogen-bond acceptors (Lipinski definition) is 5. The Balaban J connectivity index is 1.81. The number of unbranched alkanes of at least 4 members (excludes halogenated alkanes) is 1. The Labute approximate surface area is 177 Å². The van der Waals surface area contributed by atoms with Crippen molar-refractivity contribution >= 4 is 42.6 Å². The number of carbonyl (C=O) groups excluding carboxylic acids is 1. The van der Waals surface area contributed by atoms with Gasteiger partial charge in [0, 0.05) is 23.5 Å². The Bertz CT molecular complexity index is 729. The van der Waals surface area contributed by atoms with E-state index in [0.29, 0.717) is 24.6 Å². The maximum atomic E-state index is 12.6. The highest BCUT2D eigenvalue weighted by molar-refractivity contribution is 7.99. The van der Waals surface area contributed by atoms with E-state index >= 15 is 0 Å². The number of rotatable bonds is 11. The average Bonchev–Trinajstić information content (AvgIpc) is 2.67. The molecule has 5 nitrogen and oxygen atoms in total. The highest BCUT2D eigenvalue weighted by Gasteiger charge is 2.30. The minimum absolute atomic E-state index is 0.142. The maximum absolute atomic E-state index is 12.6. The molecule has 1 aromatic carbocycles. The Morgan fingerprint density at radius 3 is 2.75 bits per heavy atom. The second-order valence-electron chi connectivity index (χ2n) is 7.16. The van der Waals surface area contributed by atoms with E-state index in [4.69, 9.17) is 5.41 Å². The summed E-state index contributed by atoms with van der Waals surface area (Å²) in [6, 6.07) is 7.56. The van der Waals surface area contributed by atoms with E-state index in [1.54, 1.807) is 0 Å². The Kier molecular flexibility index (Phi) is 9.61. The standard InChI is InChI=1S/C20H31N2O3PS2/c1-27-14-11-17(28-2)8-5-6-13-26(24,25)15-19(23)22-12-10-16-7-3-4-9-18(16)20(22)21/h3-4,7,9,17,21H,5-6,8,10-15H2,1-2H3,(H,24,25). The van der Waals surface area contributed by atoms with E-state index in [2.05, 4.69) is 12.5 Å². The van der Waals surface area contributed by atoms with Crippen molar-refractivity contribution in [2.75, 3.05) is 37.1 Å². The topological polar surface area (TPSA) is 81.5 Å². The minimum Gasteiger partial charge on any atom is -0.344 e. The molecule has 28 heavy (non-hydrogen) atoms. The van der Waals surface area contributed by atoms with Crippen LogP contribution in [0.2, 0.25) is 0 Å². The van der Waals surface area contributed by atoms with Crippen LogP contribution in [0.5, 0.6) is 0 Å². The molecular formula is C20H31N2O3PS2. The summed E-state index contributed by atoms with van der Waals surface area (Å²) in [7, 11) is -3.51. The van der Waals surface area contributed by atoms with Gasteiger partial charge in [0.2, 0.25) is 13.3 Å². The second kappa shape index (κ2) is 11.4. The molecule has 1 aliphatic rings. The molecule has 8 heteroatoms. The lowest BCUT2D eigenvalue weighted by Crippen LogP contribution is -2.43.